The van der Waals surface area contributed by atoms with Crippen LogP contribution in [0.15, 0.2) is 58.5 Å². The first-order chi connectivity index (χ1) is 18.8. The second-order valence-electron chi connectivity index (χ2n) is 10.8. The smallest absolute Gasteiger partial charge is 0.365 e. The van der Waals surface area contributed by atoms with Crippen LogP contribution < -0.4 is 31.3 Å². The van der Waals surface area contributed by atoms with E-state index in [1.165, 1.54) is 5.32 Å². The van der Waals surface area contributed by atoms with Gasteiger partial charge in [0.15, 0.2) is 5.70 Å². The number of pyridine rings is 1. The zero-order chi connectivity index (χ0) is 29.9. The van der Waals surface area contributed by atoms with E-state index in [-0.39, 0.29) is 47.8 Å². The fourth-order valence-electron chi connectivity index (χ4n) is 3.83. The number of halogens is 1. The van der Waals surface area contributed by atoms with Crippen LogP contribution in [0.1, 0.15) is 57.8 Å². The molecule has 0 atom stereocenters. The lowest BCUT2D eigenvalue weighted by Gasteiger charge is -2.27. The highest BCUT2D eigenvalue weighted by molar-refractivity contribution is 9.10. The van der Waals surface area contributed by atoms with Gasteiger partial charge in [-0.15, -0.1) is 0 Å². The van der Waals surface area contributed by atoms with Crippen LogP contribution in [0.25, 0.3) is 0 Å². The first-order valence-electron chi connectivity index (χ1n) is 13.2. The number of rotatable bonds is 14. The van der Waals surface area contributed by atoms with E-state index in [0.717, 1.165) is 5.69 Å². The maximum Gasteiger partial charge on any atom is 0.365 e. The molecule has 218 valence electrons. The van der Waals surface area contributed by atoms with E-state index < -0.39 is 5.41 Å². The molecular formula is C29H42BrN6O4+. The van der Waals surface area contributed by atoms with Crippen molar-refractivity contribution in [1.82, 2.24) is 26.3 Å². The van der Waals surface area contributed by atoms with Gasteiger partial charge in [0.2, 0.25) is 11.8 Å². The Morgan fingerprint density at radius 2 is 1.73 bits per heavy atom. The molecule has 1 aromatic heterocycles. The topological polar surface area (TPSA) is 138 Å². The summed E-state index contributed by atoms with van der Waals surface area (Å²) in [6.07, 6.45) is 2.11. The molecule has 1 heterocycles. The van der Waals surface area contributed by atoms with E-state index in [2.05, 4.69) is 42.2 Å². The molecule has 0 unspecified atom stereocenters. The number of amides is 3. The van der Waals surface area contributed by atoms with Gasteiger partial charge in [-0.25, -0.2) is 15.1 Å². The molecule has 2 rings (SSSR count). The summed E-state index contributed by atoms with van der Waals surface area (Å²) in [5.74, 6) is -0.762. The maximum atomic E-state index is 13.4. The first kappa shape index (κ1) is 32.9. The number of aromatic nitrogens is 1. The number of hydrogen-bond acceptors (Lipinski definition) is 7. The van der Waals surface area contributed by atoms with Crippen molar-refractivity contribution in [3.63, 3.8) is 0 Å². The van der Waals surface area contributed by atoms with Crippen molar-refractivity contribution in [3.8, 4) is 5.88 Å². The normalized spacial score (nSPS) is 12.3. The van der Waals surface area contributed by atoms with Crippen molar-refractivity contribution in [2.45, 2.75) is 53.0 Å². The Balaban J connectivity index is 2.19. The number of carbonyl (C=O) groups excluding carboxylic acids is 3. The van der Waals surface area contributed by atoms with Crippen LogP contribution in [0.4, 0.5) is 5.69 Å². The Kier molecular flexibility index (Phi) is 12.3. The van der Waals surface area contributed by atoms with Gasteiger partial charge in [0.25, 0.3) is 5.91 Å². The second-order valence-corrected chi connectivity index (χ2v) is 11.8. The van der Waals surface area contributed by atoms with Crippen LogP contribution in [0, 0.1) is 5.41 Å². The lowest BCUT2D eigenvalue weighted by Crippen LogP contribution is -2.83. The molecule has 0 fully saturated rings. The third kappa shape index (κ3) is 10.4. The number of hydrogen-bond donors (Lipinski definition) is 5. The zero-order valence-corrected chi connectivity index (χ0v) is 26.0. The highest BCUT2D eigenvalue weighted by atomic mass is 79.9. The molecule has 6 N–H and O–H groups in total. The number of benzene rings is 1. The van der Waals surface area contributed by atoms with Crippen LogP contribution >= 0.6 is 15.9 Å². The summed E-state index contributed by atoms with van der Waals surface area (Å²) in [6.45, 7) is 10.2. The Bertz CT molecular complexity index is 1210. The lowest BCUT2D eigenvalue weighted by molar-refractivity contribution is -0.479. The first-order valence-corrected chi connectivity index (χ1v) is 14.0. The fourth-order valence-corrected chi connectivity index (χ4v) is 4.16. The minimum absolute atomic E-state index is 0.0663. The fraction of sp³-hybridized carbons (Fsp3) is 0.448. The van der Waals surface area contributed by atoms with Crippen LogP contribution in [0.5, 0.6) is 5.88 Å². The van der Waals surface area contributed by atoms with E-state index in [4.69, 9.17) is 4.74 Å². The predicted molar refractivity (Wildman–Crippen MR) is 159 cm³/mol. The molecule has 0 aliphatic rings. The molecule has 0 saturated heterocycles. The molecule has 10 nitrogen and oxygen atoms in total. The van der Waals surface area contributed by atoms with E-state index in [9.17, 15) is 14.4 Å². The molecule has 0 aliphatic heterocycles. The van der Waals surface area contributed by atoms with Crippen molar-refractivity contribution in [2.24, 2.45) is 5.41 Å². The van der Waals surface area contributed by atoms with Crippen molar-refractivity contribution in [1.29, 1.82) is 0 Å². The molecule has 0 radical (unpaired) electrons. The molecule has 40 heavy (non-hydrogen) atoms. The standard InChI is InChI=1S/C29H41BrN6O4/c1-8-40-27-21(14-19(30)17-33-27)25(38)34-18-28(2,3)16-23(37)36-24(22(31-6)15-29(4,5)32-7)26(39)35-20-12-10-9-11-13-20/h9-14,17,31-32H,8,15-16,18H2,1-7H3,(H,34,38)(H,35,39)(H,36,37)/p+1/b24-22+. The Labute approximate surface area is 245 Å². The van der Waals surface area contributed by atoms with Gasteiger partial charge in [-0.1, -0.05) is 32.0 Å². The molecule has 0 saturated carbocycles. The van der Waals surface area contributed by atoms with E-state index >= 15 is 0 Å². The monoisotopic (exact) mass is 617 g/mol. The van der Waals surface area contributed by atoms with Gasteiger partial charge in [-0.05, 0) is 67.4 Å². The number of para-hydroxylation sites is 1. The number of ether oxygens (including phenoxy) is 1. The third-order valence-corrected chi connectivity index (χ3v) is 6.65. The van der Waals surface area contributed by atoms with Crippen LogP contribution in [-0.4, -0.2) is 55.5 Å². The second kappa shape index (κ2) is 14.9. The molecule has 1 aromatic carbocycles. The van der Waals surface area contributed by atoms with Crippen molar-refractivity contribution >= 4 is 39.3 Å². The van der Waals surface area contributed by atoms with Crippen LogP contribution in [-0.2, 0) is 9.59 Å². The maximum absolute atomic E-state index is 13.4. The van der Waals surface area contributed by atoms with Gasteiger partial charge in [-0.2, -0.15) is 0 Å². The quantitative estimate of drug-likeness (QED) is 0.162. The molecule has 0 bridgehead atoms. The molecule has 2 aromatic rings. The average Bonchev–Trinajstić information content (AvgIpc) is 2.90. The number of nitrogens with two attached hydrogens (primary N) is 1. The Morgan fingerprint density at radius 1 is 1.05 bits per heavy atom. The van der Waals surface area contributed by atoms with Gasteiger partial charge < -0.3 is 26.0 Å². The summed E-state index contributed by atoms with van der Waals surface area (Å²) in [7, 11) is 3.58. The number of quaternary nitrogens is 1. The summed E-state index contributed by atoms with van der Waals surface area (Å²) < 4.78 is 6.14. The van der Waals surface area contributed by atoms with Gasteiger partial charge in [-0.3, -0.25) is 9.59 Å². The van der Waals surface area contributed by atoms with Gasteiger partial charge in [0.1, 0.15) is 11.3 Å². The van der Waals surface area contributed by atoms with Crippen molar-refractivity contribution in [2.75, 3.05) is 27.2 Å². The molecule has 11 heteroatoms. The van der Waals surface area contributed by atoms with Gasteiger partial charge in [0.05, 0.1) is 6.61 Å². The lowest BCUT2D eigenvalue weighted by atomic mass is 9.88. The number of nitrogens with zero attached hydrogens (tertiary/aromatic N) is 1. The Morgan fingerprint density at radius 3 is 2.33 bits per heavy atom. The third-order valence-electron chi connectivity index (χ3n) is 6.22. The minimum atomic E-state index is -0.619. The van der Waals surface area contributed by atoms with Crippen molar-refractivity contribution in [3.05, 3.63) is 64.0 Å². The molecule has 3 amide bonds. The summed E-state index contributed by atoms with van der Waals surface area (Å²) in [5.41, 5.74) is 0.898. The highest BCUT2D eigenvalue weighted by Crippen LogP contribution is 2.23. The summed E-state index contributed by atoms with van der Waals surface area (Å²) in [4.78, 5) is 43.8. The zero-order valence-electron chi connectivity index (χ0n) is 24.4. The Hall–Kier alpha value is -3.28. The molecule has 0 aliphatic carbocycles. The van der Waals surface area contributed by atoms with Crippen LogP contribution in [0.2, 0.25) is 0 Å². The number of primary amides is 1. The predicted octanol–water partition coefficient (Wildman–Crippen LogP) is 2.75. The highest BCUT2D eigenvalue weighted by Gasteiger charge is 2.29. The molecular weight excluding hydrogens is 576 g/mol. The van der Waals surface area contributed by atoms with Crippen LogP contribution in [0.3, 0.4) is 0 Å². The van der Waals surface area contributed by atoms with E-state index in [1.807, 2.05) is 72.0 Å². The average molecular weight is 619 g/mol. The summed E-state index contributed by atoms with van der Waals surface area (Å²) >= 11 is 3.34. The van der Waals surface area contributed by atoms with Crippen molar-refractivity contribution < 1.29 is 24.4 Å². The number of nitrogens with one attached hydrogen (secondary N) is 4. The largest absolute Gasteiger partial charge is 0.477 e. The van der Waals surface area contributed by atoms with E-state index in [1.54, 1.807) is 19.3 Å². The van der Waals surface area contributed by atoms with E-state index in [0.29, 0.717) is 28.8 Å². The molecule has 0 spiro atoms. The summed E-state index contributed by atoms with van der Waals surface area (Å²) in [5, 5.41) is 13.6. The SMILES string of the molecule is CCOc1ncc(Br)cc1C(=O)NCC(C)(C)CC(=O)N/C(C(=O)[NH2+]c1ccccc1)=C(\CC(C)(C)NC)NC. The van der Waals surface area contributed by atoms with Gasteiger partial charge in [0, 0.05) is 48.3 Å². The minimum Gasteiger partial charge on any atom is -0.477 e. The summed E-state index contributed by atoms with van der Waals surface area (Å²) in [6, 6.07) is 10.9. The van der Waals surface area contributed by atoms with Gasteiger partial charge >= 0.3 is 5.91 Å². The number of carbonyl (C=O) groups is 3.